The zero-order valence-corrected chi connectivity index (χ0v) is 9.70. The van der Waals surface area contributed by atoms with Crippen LogP contribution in [-0.4, -0.2) is 22.6 Å². The fourth-order valence-electron chi connectivity index (χ4n) is 0.959. The van der Waals surface area contributed by atoms with E-state index in [9.17, 15) is 4.79 Å². The van der Waals surface area contributed by atoms with Gasteiger partial charge in [-0.1, -0.05) is 23.4 Å². The Morgan fingerprint density at radius 2 is 2.44 bits per heavy atom. The van der Waals surface area contributed by atoms with Crippen molar-refractivity contribution in [1.29, 1.82) is 0 Å². The number of hydrogen-bond donors (Lipinski definition) is 1. The van der Waals surface area contributed by atoms with Crippen molar-refractivity contribution in [1.82, 2.24) is 10.2 Å². The highest BCUT2D eigenvalue weighted by molar-refractivity contribution is 7.15. The van der Waals surface area contributed by atoms with Gasteiger partial charge in [-0.15, -0.1) is 10.2 Å². The topological polar surface area (TPSA) is 104 Å². The second kappa shape index (κ2) is 6.76. The monoisotopic (exact) mass is 240 g/mol. The number of aromatic nitrogens is 2. The van der Waals surface area contributed by atoms with Gasteiger partial charge in [0.2, 0.25) is 11.0 Å². The zero-order chi connectivity index (χ0) is 11.8. The number of nitrogens with zero attached hydrogens (tertiary/aromatic N) is 5. The van der Waals surface area contributed by atoms with Crippen LogP contribution in [0.1, 0.15) is 24.8 Å². The van der Waals surface area contributed by atoms with Crippen molar-refractivity contribution in [3.05, 3.63) is 15.5 Å². The maximum Gasteiger partial charge on any atom is 0.225 e. The first-order chi connectivity index (χ1) is 7.76. The molecule has 0 saturated heterocycles. The minimum absolute atomic E-state index is 0.0724. The summed E-state index contributed by atoms with van der Waals surface area (Å²) in [6.45, 7) is 2.23. The van der Waals surface area contributed by atoms with E-state index in [1.807, 2.05) is 0 Å². The number of anilines is 1. The van der Waals surface area contributed by atoms with Crippen LogP contribution < -0.4 is 5.32 Å². The molecule has 0 aliphatic rings. The molecule has 0 aliphatic heterocycles. The lowest BCUT2D eigenvalue weighted by Gasteiger charge is -1.94. The lowest BCUT2D eigenvalue weighted by Crippen LogP contribution is -2.08. The van der Waals surface area contributed by atoms with Crippen molar-refractivity contribution < 1.29 is 4.79 Å². The van der Waals surface area contributed by atoms with Crippen molar-refractivity contribution >= 4 is 22.4 Å². The summed E-state index contributed by atoms with van der Waals surface area (Å²) >= 11 is 1.35. The molecule has 1 aromatic rings. The lowest BCUT2D eigenvalue weighted by molar-refractivity contribution is -0.115. The van der Waals surface area contributed by atoms with Gasteiger partial charge < -0.3 is 5.32 Å². The van der Waals surface area contributed by atoms with Gasteiger partial charge in [0, 0.05) is 24.3 Å². The van der Waals surface area contributed by atoms with Crippen molar-refractivity contribution in [3.8, 4) is 0 Å². The fraction of sp³-hybridized carbons (Fsp3) is 0.625. The molecule has 0 fully saturated rings. The third-order valence-electron chi connectivity index (χ3n) is 1.75. The highest BCUT2D eigenvalue weighted by Gasteiger charge is 2.05. The molecule has 0 bridgehead atoms. The Labute approximate surface area is 96.5 Å². The van der Waals surface area contributed by atoms with Gasteiger partial charge in [-0.05, 0) is 12.0 Å². The number of amides is 1. The molecule has 86 valence electrons. The van der Waals surface area contributed by atoms with Crippen molar-refractivity contribution in [2.24, 2.45) is 5.11 Å². The summed E-state index contributed by atoms with van der Waals surface area (Å²) in [5, 5.41) is 15.2. The Balaban J connectivity index is 2.39. The van der Waals surface area contributed by atoms with Crippen LogP contribution in [0.4, 0.5) is 5.13 Å². The molecule has 1 aromatic heterocycles. The van der Waals surface area contributed by atoms with Crippen LogP contribution in [0.3, 0.4) is 0 Å². The van der Waals surface area contributed by atoms with Gasteiger partial charge >= 0.3 is 0 Å². The highest BCUT2D eigenvalue weighted by atomic mass is 32.1. The Morgan fingerprint density at radius 1 is 1.62 bits per heavy atom. The summed E-state index contributed by atoms with van der Waals surface area (Å²) < 4.78 is 0. The first kappa shape index (κ1) is 12.4. The van der Waals surface area contributed by atoms with E-state index in [0.717, 1.165) is 11.4 Å². The summed E-state index contributed by atoms with van der Waals surface area (Å²) in [6.07, 6.45) is 1.87. The van der Waals surface area contributed by atoms with Crippen molar-refractivity contribution in [2.75, 3.05) is 11.9 Å². The Kier molecular flexibility index (Phi) is 5.24. The molecule has 0 saturated carbocycles. The molecule has 1 amide bonds. The van der Waals surface area contributed by atoms with Crippen LogP contribution >= 0.6 is 11.3 Å². The minimum Gasteiger partial charge on any atom is -0.301 e. The summed E-state index contributed by atoms with van der Waals surface area (Å²) in [5.41, 5.74) is 8.08. The van der Waals surface area contributed by atoms with Gasteiger partial charge in [0.25, 0.3) is 0 Å². The predicted octanol–water partition coefficient (Wildman–Crippen LogP) is 2.13. The van der Waals surface area contributed by atoms with Crippen LogP contribution in [-0.2, 0) is 11.2 Å². The first-order valence-corrected chi connectivity index (χ1v) is 5.71. The Hall–Kier alpha value is -1.66. The number of carbonyl (C=O) groups is 1. The molecule has 1 N–H and O–H groups in total. The first-order valence-electron chi connectivity index (χ1n) is 4.89. The molecular formula is C8H12N6OS. The minimum atomic E-state index is -0.0724. The number of aryl methyl sites for hydroxylation is 1. The second-order valence-corrected chi connectivity index (χ2v) is 4.02. The summed E-state index contributed by atoms with van der Waals surface area (Å²) in [6, 6.07) is 0. The summed E-state index contributed by atoms with van der Waals surface area (Å²) in [7, 11) is 0. The fourth-order valence-corrected chi connectivity index (χ4v) is 1.76. The molecule has 0 spiro atoms. The number of rotatable bonds is 6. The zero-order valence-electron chi connectivity index (χ0n) is 8.88. The van der Waals surface area contributed by atoms with Gasteiger partial charge in [-0.25, -0.2) is 0 Å². The number of hydrogen-bond acceptors (Lipinski definition) is 5. The quantitative estimate of drug-likeness (QED) is 0.356. The molecule has 0 aliphatic carbocycles. The van der Waals surface area contributed by atoms with Gasteiger partial charge in [0.05, 0.1) is 0 Å². The Bertz CT molecular complexity index is 397. The standard InChI is InChI=1S/C8H12N6OS/c1-2-6(15)11-8-13-12-7(16-8)4-3-5-10-14-9/h2-5H2,1H3,(H,11,13,15). The molecular weight excluding hydrogens is 228 g/mol. The van der Waals surface area contributed by atoms with Gasteiger partial charge in [-0.3, -0.25) is 4.79 Å². The molecule has 1 heterocycles. The number of nitrogens with one attached hydrogen (secondary N) is 1. The molecule has 8 heteroatoms. The molecule has 0 atom stereocenters. The smallest absolute Gasteiger partial charge is 0.225 e. The predicted molar refractivity (Wildman–Crippen MR) is 61.2 cm³/mol. The van der Waals surface area contributed by atoms with Crippen LogP contribution in [0.2, 0.25) is 0 Å². The van der Waals surface area contributed by atoms with E-state index in [-0.39, 0.29) is 5.91 Å². The van der Waals surface area contributed by atoms with E-state index in [1.54, 1.807) is 6.92 Å². The SMILES string of the molecule is CCC(=O)Nc1nnc(CCCN=[N+]=[N-])s1. The molecule has 16 heavy (non-hydrogen) atoms. The van der Waals surface area contributed by atoms with Crippen molar-refractivity contribution in [2.45, 2.75) is 26.2 Å². The summed E-state index contributed by atoms with van der Waals surface area (Å²) in [4.78, 5) is 13.7. The van der Waals surface area contributed by atoms with E-state index < -0.39 is 0 Å². The molecule has 1 rings (SSSR count). The normalized spacial score (nSPS) is 9.56. The van der Waals surface area contributed by atoms with Crippen LogP contribution in [0.15, 0.2) is 5.11 Å². The Morgan fingerprint density at radius 3 is 3.12 bits per heavy atom. The van der Waals surface area contributed by atoms with E-state index in [2.05, 4.69) is 25.5 Å². The molecule has 0 aromatic carbocycles. The van der Waals surface area contributed by atoms with Gasteiger partial charge in [0.1, 0.15) is 5.01 Å². The van der Waals surface area contributed by atoms with E-state index in [4.69, 9.17) is 5.53 Å². The largest absolute Gasteiger partial charge is 0.301 e. The second-order valence-electron chi connectivity index (χ2n) is 2.96. The maximum absolute atomic E-state index is 11.1. The molecule has 0 unspecified atom stereocenters. The highest BCUT2D eigenvalue weighted by Crippen LogP contribution is 2.16. The molecule has 7 nitrogen and oxygen atoms in total. The lowest BCUT2D eigenvalue weighted by atomic mass is 10.3. The number of carbonyl (C=O) groups excluding carboxylic acids is 1. The average Bonchev–Trinajstić information content (AvgIpc) is 2.72. The van der Waals surface area contributed by atoms with E-state index in [0.29, 0.717) is 24.5 Å². The van der Waals surface area contributed by atoms with Gasteiger partial charge in [0.15, 0.2) is 0 Å². The third kappa shape index (κ3) is 4.24. The van der Waals surface area contributed by atoms with E-state index >= 15 is 0 Å². The van der Waals surface area contributed by atoms with E-state index in [1.165, 1.54) is 11.3 Å². The van der Waals surface area contributed by atoms with Crippen molar-refractivity contribution in [3.63, 3.8) is 0 Å². The average molecular weight is 240 g/mol. The van der Waals surface area contributed by atoms with Crippen LogP contribution in [0, 0.1) is 0 Å². The summed E-state index contributed by atoms with van der Waals surface area (Å²) in [5.74, 6) is -0.0724. The molecule has 0 radical (unpaired) electrons. The van der Waals surface area contributed by atoms with Crippen LogP contribution in [0.5, 0.6) is 0 Å². The maximum atomic E-state index is 11.1. The van der Waals surface area contributed by atoms with Gasteiger partial charge in [-0.2, -0.15) is 0 Å². The number of azide groups is 1. The van der Waals surface area contributed by atoms with Crippen LogP contribution in [0.25, 0.3) is 10.4 Å². The third-order valence-corrected chi connectivity index (χ3v) is 2.64.